The molecular formula is C24H21NO3S. The summed E-state index contributed by atoms with van der Waals surface area (Å²) in [7, 11) is 0. The van der Waals surface area contributed by atoms with Crippen molar-refractivity contribution in [1.82, 2.24) is 4.90 Å². The zero-order valence-electron chi connectivity index (χ0n) is 16.0. The molecule has 146 valence electrons. The minimum Gasteiger partial charge on any atom is -0.486 e. The first-order valence-corrected chi connectivity index (χ1v) is 10.6. The van der Waals surface area contributed by atoms with Crippen LogP contribution in [0.2, 0.25) is 0 Å². The summed E-state index contributed by atoms with van der Waals surface area (Å²) >= 11 is 1.53. The molecule has 0 radical (unpaired) electrons. The van der Waals surface area contributed by atoms with Crippen molar-refractivity contribution in [1.29, 1.82) is 0 Å². The summed E-state index contributed by atoms with van der Waals surface area (Å²) in [6, 6.07) is 20.3. The number of carbonyl (C=O) groups is 1. The van der Waals surface area contributed by atoms with E-state index in [0.717, 1.165) is 39.8 Å². The highest BCUT2D eigenvalue weighted by molar-refractivity contribution is 7.17. The molecule has 0 fully saturated rings. The summed E-state index contributed by atoms with van der Waals surface area (Å²) in [5.74, 6) is 1.65. The molecule has 0 N–H and O–H groups in total. The van der Waals surface area contributed by atoms with Crippen LogP contribution in [0.15, 0.2) is 66.7 Å². The predicted octanol–water partition coefficient (Wildman–Crippen LogP) is 5.12. The monoisotopic (exact) mass is 403 g/mol. The first-order chi connectivity index (χ1) is 14.3. The zero-order valence-corrected chi connectivity index (χ0v) is 16.8. The van der Waals surface area contributed by atoms with Crippen LogP contribution in [-0.2, 0) is 0 Å². The molecule has 2 aromatic carbocycles. The van der Waals surface area contributed by atoms with Gasteiger partial charge in [-0.05, 0) is 53.5 Å². The fourth-order valence-corrected chi connectivity index (χ4v) is 4.70. The van der Waals surface area contributed by atoms with Gasteiger partial charge in [0.25, 0.3) is 5.91 Å². The van der Waals surface area contributed by atoms with E-state index in [1.807, 2.05) is 41.3 Å². The fourth-order valence-electron chi connectivity index (χ4n) is 3.73. The molecule has 0 bridgehead atoms. The van der Waals surface area contributed by atoms with Gasteiger partial charge in [0.15, 0.2) is 11.5 Å². The molecule has 0 saturated carbocycles. The van der Waals surface area contributed by atoms with Crippen LogP contribution in [0.3, 0.4) is 0 Å². The Labute approximate surface area is 174 Å². The van der Waals surface area contributed by atoms with Crippen molar-refractivity contribution in [2.24, 2.45) is 0 Å². The lowest BCUT2D eigenvalue weighted by Gasteiger charge is -2.26. The van der Waals surface area contributed by atoms with Crippen molar-refractivity contribution in [3.63, 3.8) is 0 Å². The van der Waals surface area contributed by atoms with Crippen molar-refractivity contribution in [2.75, 3.05) is 26.3 Å². The first kappa shape index (κ1) is 18.0. The number of hydrogen-bond donors (Lipinski definition) is 0. The van der Waals surface area contributed by atoms with Gasteiger partial charge >= 0.3 is 0 Å². The number of carbonyl (C=O) groups excluding carboxylic acids is 1. The van der Waals surface area contributed by atoms with Crippen LogP contribution >= 0.6 is 11.3 Å². The number of fused-ring (bicyclic) bond motifs is 1. The first-order valence-electron chi connectivity index (χ1n) is 9.81. The summed E-state index contributed by atoms with van der Waals surface area (Å²) in [6.45, 7) is 2.55. The number of amides is 1. The molecule has 3 heterocycles. The van der Waals surface area contributed by atoms with E-state index < -0.39 is 0 Å². The van der Waals surface area contributed by atoms with Gasteiger partial charge in [0.2, 0.25) is 0 Å². The number of rotatable bonds is 3. The molecular weight excluding hydrogens is 382 g/mol. The molecule has 4 nitrogen and oxygen atoms in total. The number of nitrogens with zero attached hydrogens (tertiary/aromatic N) is 1. The van der Waals surface area contributed by atoms with Crippen molar-refractivity contribution >= 4 is 22.8 Å². The zero-order chi connectivity index (χ0) is 19.6. The third-order valence-corrected chi connectivity index (χ3v) is 6.41. The fraction of sp³-hybridized carbons (Fsp3) is 0.208. The van der Waals surface area contributed by atoms with Gasteiger partial charge in [0.1, 0.15) is 13.2 Å². The number of ether oxygens (including phenoxy) is 2. The Morgan fingerprint density at radius 1 is 0.897 bits per heavy atom. The number of thiophene rings is 1. The van der Waals surface area contributed by atoms with E-state index in [-0.39, 0.29) is 5.91 Å². The standard InChI is InChI=1S/C24H21NO3S/c26-24(25-12-10-18(11-13-25)17-4-2-1-3-5-17)23-9-8-22(29-23)19-6-7-20-21(16-19)28-15-14-27-20/h1-10,16H,11-15H2. The quantitative estimate of drug-likeness (QED) is 0.610. The molecule has 0 unspecified atom stereocenters. The van der Waals surface area contributed by atoms with Gasteiger partial charge in [-0.3, -0.25) is 4.79 Å². The van der Waals surface area contributed by atoms with Gasteiger partial charge in [-0.2, -0.15) is 0 Å². The van der Waals surface area contributed by atoms with Gasteiger partial charge in [-0.15, -0.1) is 11.3 Å². The van der Waals surface area contributed by atoms with Gasteiger partial charge in [0.05, 0.1) is 4.88 Å². The Bertz CT molecular complexity index is 1070. The lowest BCUT2D eigenvalue weighted by Crippen LogP contribution is -2.34. The molecule has 0 saturated heterocycles. The molecule has 0 atom stereocenters. The normalized spacial score (nSPS) is 15.7. The topological polar surface area (TPSA) is 38.8 Å². The third-order valence-electron chi connectivity index (χ3n) is 5.28. The molecule has 3 aromatic rings. The van der Waals surface area contributed by atoms with Crippen LogP contribution in [0.25, 0.3) is 16.0 Å². The second kappa shape index (κ2) is 7.76. The average Bonchev–Trinajstić information content (AvgIpc) is 3.29. The summed E-state index contributed by atoms with van der Waals surface area (Å²) < 4.78 is 11.3. The Hall–Kier alpha value is -3.05. The van der Waals surface area contributed by atoms with Gasteiger partial charge < -0.3 is 14.4 Å². The third kappa shape index (κ3) is 3.66. The minimum atomic E-state index is 0.0992. The predicted molar refractivity (Wildman–Crippen MR) is 116 cm³/mol. The van der Waals surface area contributed by atoms with Gasteiger partial charge in [-0.25, -0.2) is 0 Å². The van der Waals surface area contributed by atoms with E-state index in [9.17, 15) is 4.79 Å². The molecule has 2 aliphatic rings. The number of hydrogen-bond acceptors (Lipinski definition) is 4. The summed E-state index contributed by atoms with van der Waals surface area (Å²) in [5.41, 5.74) is 3.61. The molecule has 5 rings (SSSR count). The van der Waals surface area contributed by atoms with E-state index in [1.54, 1.807) is 0 Å². The van der Waals surface area contributed by atoms with Crippen LogP contribution in [0.1, 0.15) is 21.7 Å². The minimum absolute atomic E-state index is 0.0992. The molecule has 1 amide bonds. The second-order valence-corrected chi connectivity index (χ2v) is 8.20. The van der Waals surface area contributed by atoms with E-state index in [1.165, 1.54) is 22.5 Å². The maximum atomic E-state index is 13.0. The van der Waals surface area contributed by atoms with Crippen LogP contribution in [0.4, 0.5) is 0 Å². The molecule has 29 heavy (non-hydrogen) atoms. The Morgan fingerprint density at radius 3 is 2.52 bits per heavy atom. The van der Waals surface area contributed by atoms with Crippen LogP contribution in [0, 0.1) is 0 Å². The Morgan fingerprint density at radius 2 is 1.72 bits per heavy atom. The average molecular weight is 404 g/mol. The maximum absolute atomic E-state index is 13.0. The molecule has 5 heteroatoms. The van der Waals surface area contributed by atoms with Crippen molar-refractivity contribution in [3.05, 3.63) is 77.2 Å². The highest BCUT2D eigenvalue weighted by Crippen LogP contribution is 2.37. The van der Waals surface area contributed by atoms with E-state index in [4.69, 9.17) is 9.47 Å². The smallest absolute Gasteiger partial charge is 0.264 e. The van der Waals surface area contributed by atoms with Crippen molar-refractivity contribution < 1.29 is 14.3 Å². The summed E-state index contributed by atoms with van der Waals surface area (Å²) in [6.07, 6.45) is 3.06. The van der Waals surface area contributed by atoms with Crippen molar-refractivity contribution in [2.45, 2.75) is 6.42 Å². The highest BCUT2D eigenvalue weighted by atomic mass is 32.1. The van der Waals surface area contributed by atoms with Gasteiger partial charge in [0, 0.05) is 18.0 Å². The summed E-state index contributed by atoms with van der Waals surface area (Å²) in [4.78, 5) is 16.7. The maximum Gasteiger partial charge on any atom is 0.264 e. The van der Waals surface area contributed by atoms with E-state index >= 15 is 0 Å². The van der Waals surface area contributed by atoms with E-state index in [0.29, 0.717) is 19.8 Å². The molecule has 1 aromatic heterocycles. The molecule has 0 spiro atoms. The van der Waals surface area contributed by atoms with Gasteiger partial charge in [-0.1, -0.05) is 36.4 Å². The molecule has 0 aliphatic carbocycles. The van der Waals surface area contributed by atoms with Crippen LogP contribution < -0.4 is 9.47 Å². The van der Waals surface area contributed by atoms with E-state index in [2.05, 4.69) is 30.3 Å². The lowest BCUT2D eigenvalue weighted by atomic mass is 9.99. The lowest BCUT2D eigenvalue weighted by molar-refractivity contribution is 0.0777. The largest absolute Gasteiger partial charge is 0.486 e. The summed E-state index contributed by atoms with van der Waals surface area (Å²) in [5, 5.41) is 0. The molecule has 2 aliphatic heterocycles. The van der Waals surface area contributed by atoms with Crippen LogP contribution in [-0.4, -0.2) is 37.1 Å². The number of benzene rings is 2. The SMILES string of the molecule is O=C(c1ccc(-c2ccc3c(c2)OCCO3)s1)N1CC=C(c2ccccc2)CC1. The Kier molecular flexibility index (Phi) is 4.82. The van der Waals surface area contributed by atoms with Crippen LogP contribution in [0.5, 0.6) is 11.5 Å². The van der Waals surface area contributed by atoms with Crippen molar-refractivity contribution in [3.8, 4) is 21.9 Å². The Balaban J connectivity index is 1.31. The highest BCUT2D eigenvalue weighted by Gasteiger charge is 2.21. The second-order valence-electron chi connectivity index (χ2n) is 7.12.